The van der Waals surface area contributed by atoms with E-state index in [0.29, 0.717) is 55.7 Å². The van der Waals surface area contributed by atoms with Gasteiger partial charge in [0.05, 0.1) is 45.7 Å². The van der Waals surface area contributed by atoms with Crippen LogP contribution >= 0.6 is 11.3 Å². The molecule has 0 saturated heterocycles. The molecule has 3 aromatic rings. The summed E-state index contributed by atoms with van der Waals surface area (Å²) in [6, 6.07) is 13.2. The first kappa shape index (κ1) is 28.1. The predicted molar refractivity (Wildman–Crippen MR) is 142 cm³/mol. The number of ketones is 1. The molecule has 0 bridgehead atoms. The Bertz CT molecular complexity index is 1190. The van der Waals surface area contributed by atoms with Crippen molar-refractivity contribution in [1.29, 1.82) is 0 Å². The van der Waals surface area contributed by atoms with Crippen molar-refractivity contribution in [3.8, 4) is 21.9 Å². The number of benzene rings is 2. The van der Waals surface area contributed by atoms with Gasteiger partial charge in [-0.1, -0.05) is 24.8 Å². The standard InChI is InChI=1S/C28H30O8S/c1-19(27(29)20-6-8-21(9-7-20)28(30)31)22-17-23(26-5-4-16-37-26)24(33-3)18-25(22)36-15-14-35-13-12-34-11-10-32-2/h4-9,16-18H,1,10-15H2,2-3H3,(H,30,31). The largest absolute Gasteiger partial charge is 0.496 e. The van der Waals surface area contributed by atoms with E-state index in [1.165, 1.54) is 24.3 Å². The van der Waals surface area contributed by atoms with Crippen molar-refractivity contribution in [3.05, 3.63) is 77.2 Å². The highest BCUT2D eigenvalue weighted by molar-refractivity contribution is 7.13. The molecule has 3 rings (SSSR count). The molecule has 0 unspecified atom stereocenters. The zero-order valence-corrected chi connectivity index (χ0v) is 21.7. The highest BCUT2D eigenvalue weighted by atomic mass is 32.1. The van der Waals surface area contributed by atoms with Gasteiger partial charge in [-0.15, -0.1) is 11.3 Å². The predicted octanol–water partition coefficient (Wildman–Crippen LogP) is 5.08. The van der Waals surface area contributed by atoms with Crippen LogP contribution in [0.5, 0.6) is 11.5 Å². The molecule has 9 heteroatoms. The van der Waals surface area contributed by atoms with Gasteiger partial charge in [0.25, 0.3) is 0 Å². The number of hydrogen-bond donors (Lipinski definition) is 1. The molecule has 0 saturated carbocycles. The molecule has 1 heterocycles. The van der Waals surface area contributed by atoms with E-state index in [-0.39, 0.29) is 23.5 Å². The average molecular weight is 527 g/mol. The number of thiophene rings is 1. The number of hydrogen-bond acceptors (Lipinski definition) is 8. The number of aromatic carboxylic acids is 1. The van der Waals surface area contributed by atoms with Crippen molar-refractivity contribution in [2.75, 3.05) is 53.9 Å². The van der Waals surface area contributed by atoms with Crippen molar-refractivity contribution in [1.82, 2.24) is 0 Å². The first-order valence-corrected chi connectivity index (χ1v) is 12.4. The molecule has 2 aromatic carbocycles. The first-order valence-electron chi connectivity index (χ1n) is 11.6. The number of rotatable bonds is 16. The molecular weight excluding hydrogens is 496 g/mol. The summed E-state index contributed by atoms with van der Waals surface area (Å²) in [6.45, 7) is 6.50. The number of allylic oxidation sites excluding steroid dienone is 1. The first-order chi connectivity index (χ1) is 18.0. The summed E-state index contributed by atoms with van der Waals surface area (Å²) in [4.78, 5) is 25.4. The van der Waals surface area contributed by atoms with Crippen LogP contribution < -0.4 is 9.47 Å². The van der Waals surface area contributed by atoms with Gasteiger partial charge in [-0.3, -0.25) is 4.79 Å². The molecule has 0 radical (unpaired) electrons. The van der Waals surface area contributed by atoms with Crippen molar-refractivity contribution in [2.24, 2.45) is 0 Å². The van der Waals surface area contributed by atoms with Crippen molar-refractivity contribution in [3.63, 3.8) is 0 Å². The number of methoxy groups -OCH3 is 2. The number of carbonyl (C=O) groups is 2. The van der Waals surface area contributed by atoms with Crippen molar-refractivity contribution >= 4 is 28.7 Å². The molecular formula is C28H30O8S. The van der Waals surface area contributed by atoms with E-state index in [1.807, 2.05) is 23.6 Å². The van der Waals surface area contributed by atoms with Crippen LogP contribution in [0.25, 0.3) is 16.0 Å². The van der Waals surface area contributed by atoms with E-state index in [0.717, 1.165) is 10.4 Å². The van der Waals surface area contributed by atoms with E-state index in [4.69, 9.17) is 28.8 Å². The minimum atomic E-state index is -1.06. The van der Waals surface area contributed by atoms with Crippen LogP contribution in [0.2, 0.25) is 0 Å². The third kappa shape index (κ3) is 7.74. The van der Waals surface area contributed by atoms with Gasteiger partial charge in [-0.25, -0.2) is 4.79 Å². The minimum absolute atomic E-state index is 0.0970. The van der Waals surface area contributed by atoms with Crippen LogP contribution in [0.1, 0.15) is 26.3 Å². The zero-order chi connectivity index (χ0) is 26.6. The van der Waals surface area contributed by atoms with Gasteiger partial charge in [0, 0.05) is 40.3 Å². The summed E-state index contributed by atoms with van der Waals surface area (Å²) in [6.07, 6.45) is 0. The second-order valence-corrected chi connectivity index (χ2v) is 8.73. The van der Waals surface area contributed by atoms with Crippen molar-refractivity contribution in [2.45, 2.75) is 0 Å². The summed E-state index contributed by atoms with van der Waals surface area (Å²) < 4.78 is 27.5. The lowest BCUT2D eigenvalue weighted by Gasteiger charge is -2.17. The van der Waals surface area contributed by atoms with Gasteiger partial charge in [-0.05, 0) is 29.6 Å². The number of carboxylic acid groups (broad SMARTS) is 1. The Kier molecular flexibility index (Phi) is 10.8. The second kappa shape index (κ2) is 14.3. The smallest absolute Gasteiger partial charge is 0.335 e. The van der Waals surface area contributed by atoms with Gasteiger partial charge < -0.3 is 28.8 Å². The lowest BCUT2D eigenvalue weighted by atomic mass is 9.94. The van der Waals surface area contributed by atoms with Crippen LogP contribution in [0, 0.1) is 0 Å². The summed E-state index contributed by atoms with van der Waals surface area (Å²) in [5, 5.41) is 11.1. The molecule has 0 aliphatic heterocycles. The minimum Gasteiger partial charge on any atom is -0.496 e. The third-order valence-electron chi connectivity index (χ3n) is 5.37. The fourth-order valence-electron chi connectivity index (χ4n) is 3.45. The average Bonchev–Trinajstić information content (AvgIpc) is 3.46. The maximum atomic E-state index is 13.3. The lowest BCUT2D eigenvalue weighted by Crippen LogP contribution is -2.13. The summed E-state index contributed by atoms with van der Waals surface area (Å²) in [5.41, 5.74) is 1.95. The quantitative estimate of drug-likeness (QED) is 0.157. The van der Waals surface area contributed by atoms with E-state index in [2.05, 4.69) is 6.58 Å². The van der Waals surface area contributed by atoms with Gasteiger partial charge >= 0.3 is 5.97 Å². The van der Waals surface area contributed by atoms with Gasteiger partial charge in [0.15, 0.2) is 5.78 Å². The third-order valence-corrected chi connectivity index (χ3v) is 6.27. The topological polar surface area (TPSA) is 101 Å². The molecule has 0 atom stereocenters. The van der Waals surface area contributed by atoms with Crippen LogP contribution in [-0.2, 0) is 14.2 Å². The molecule has 196 valence electrons. The molecule has 1 N–H and O–H groups in total. The van der Waals surface area contributed by atoms with Crippen molar-refractivity contribution < 1.29 is 38.4 Å². The maximum absolute atomic E-state index is 13.3. The Morgan fingerprint density at radius 2 is 1.51 bits per heavy atom. The summed E-state index contributed by atoms with van der Waals surface area (Å²) >= 11 is 1.54. The Morgan fingerprint density at radius 1 is 0.865 bits per heavy atom. The molecule has 8 nitrogen and oxygen atoms in total. The van der Waals surface area contributed by atoms with E-state index >= 15 is 0 Å². The maximum Gasteiger partial charge on any atom is 0.335 e. The van der Waals surface area contributed by atoms with Gasteiger partial charge in [0.1, 0.15) is 18.1 Å². The number of Topliss-reactive ketones (excluding diaryl/α,β-unsaturated/α-hetero) is 1. The van der Waals surface area contributed by atoms with Crippen LogP contribution in [0.4, 0.5) is 0 Å². The van der Waals surface area contributed by atoms with Crippen LogP contribution in [0.15, 0.2) is 60.5 Å². The highest BCUT2D eigenvalue weighted by Gasteiger charge is 2.21. The lowest BCUT2D eigenvalue weighted by molar-refractivity contribution is 0.0179. The Labute approximate surface area is 220 Å². The van der Waals surface area contributed by atoms with Gasteiger partial charge in [0.2, 0.25) is 0 Å². The monoisotopic (exact) mass is 526 g/mol. The molecule has 0 amide bonds. The summed E-state index contributed by atoms with van der Waals surface area (Å²) in [7, 11) is 3.19. The Balaban J connectivity index is 1.79. The number of carbonyl (C=O) groups excluding carboxylic acids is 1. The van der Waals surface area contributed by atoms with Crippen LogP contribution in [0.3, 0.4) is 0 Å². The second-order valence-electron chi connectivity index (χ2n) is 7.78. The van der Waals surface area contributed by atoms with Crippen LogP contribution in [-0.4, -0.2) is 70.7 Å². The normalized spacial score (nSPS) is 10.8. The SMILES string of the molecule is C=C(C(=O)c1ccc(C(=O)O)cc1)c1cc(-c2cccs2)c(OC)cc1OCCOCCOCCOC. The molecule has 37 heavy (non-hydrogen) atoms. The molecule has 0 fully saturated rings. The zero-order valence-electron chi connectivity index (χ0n) is 20.9. The molecule has 0 spiro atoms. The highest BCUT2D eigenvalue weighted by Crippen LogP contribution is 2.41. The molecule has 1 aromatic heterocycles. The summed E-state index contributed by atoms with van der Waals surface area (Å²) in [5.74, 6) is -0.376. The molecule has 0 aliphatic rings. The molecule has 0 aliphatic carbocycles. The number of ether oxygens (including phenoxy) is 5. The van der Waals surface area contributed by atoms with E-state index in [1.54, 1.807) is 31.6 Å². The van der Waals surface area contributed by atoms with E-state index < -0.39 is 5.97 Å². The Morgan fingerprint density at radius 3 is 2.11 bits per heavy atom. The Hall–Kier alpha value is -3.50. The van der Waals surface area contributed by atoms with Gasteiger partial charge in [-0.2, -0.15) is 0 Å². The number of carboxylic acids is 1. The van der Waals surface area contributed by atoms with E-state index in [9.17, 15) is 9.59 Å². The fourth-order valence-corrected chi connectivity index (χ4v) is 4.19. The fraction of sp³-hybridized carbons (Fsp3) is 0.286.